The third-order valence-corrected chi connectivity index (χ3v) is 11.7. The number of fused-ring (bicyclic) bond motifs is 7. The molecular formula is C55H34N4O. The van der Waals surface area contributed by atoms with E-state index in [0.717, 1.165) is 61.0 Å². The Morgan fingerprint density at radius 1 is 0.317 bits per heavy atom. The number of furan rings is 1. The van der Waals surface area contributed by atoms with Gasteiger partial charge in [0.25, 0.3) is 0 Å². The van der Waals surface area contributed by atoms with Crippen molar-refractivity contribution >= 4 is 54.5 Å². The second-order valence-electron chi connectivity index (χ2n) is 15.2. The fourth-order valence-corrected chi connectivity index (χ4v) is 8.80. The van der Waals surface area contributed by atoms with Gasteiger partial charge in [-0.05, 0) is 82.1 Å². The monoisotopic (exact) mass is 766 g/mol. The minimum atomic E-state index is 0.614. The molecule has 5 heteroatoms. The average Bonchev–Trinajstić information content (AvgIpc) is 3.86. The summed E-state index contributed by atoms with van der Waals surface area (Å²) in [5.41, 5.74) is 12.5. The van der Waals surface area contributed by atoms with Crippen LogP contribution in [-0.2, 0) is 0 Å². The summed E-state index contributed by atoms with van der Waals surface area (Å²) in [5.74, 6) is 1.88. The van der Waals surface area contributed by atoms with Crippen molar-refractivity contribution in [1.82, 2.24) is 19.5 Å². The lowest BCUT2D eigenvalue weighted by atomic mass is 9.97. The predicted octanol–water partition coefficient (Wildman–Crippen LogP) is 14.4. The number of benzene rings is 9. The molecule has 0 amide bonds. The highest BCUT2D eigenvalue weighted by molar-refractivity contribution is 6.12. The Labute approximate surface area is 345 Å². The van der Waals surface area contributed by atoms with Crippen LogP contribution in [0.3, 0.4) is 0 Å². The Kier molecular flexibility index (Phi) is 7.78. The van der Waals surface area contributed by atoms with Gasteiger partial charge >= 0.3 is 0 Å². The lowest BCUT2D eigenvalue weighted by molar-refractivity contribution is 0.669. The number of nitrogens with zero attached hydrogens (tertiary/aromatic N) is 4. The average molecular weight is 767 g/mol. The van der Waals surface area contributed by atoms with Crippen LogP contribution >= 0.6 is 0 Å². The summed E-state index contributed by atoms with van der Waals surface area (Å²) in [6, 6.07) is 72.4. The molecule has 0 saturated carbocycles. The van der Waals surface area contributed by atoms with Gasteiger partial charge in [0, 0.05) is 43.8 Å². The maximum Gasteiger partial charge on any atom is 0.164 e. The minimum absolute atomic E-state index is 0.614. The molecule has 5 nitrogen and oxygen atoms in total. The van der Waals surface area contributed by atoms with Crippen molar-refractivity contribution < 1.29 is 4.42 Å². The summed E-state index contributed by atoms with van der Waals surface area (Å²) in [6.07, 6.45) is 0. The summed E-state index contributed by atoms with van der Waals surface area (Å²) in [5, 5.41) is 6.94. The molecule has 0 fully saturated rings. The van der Waals surface area contributed by atoms with Gasteiger partial charge in [-0.3, -0.25) is 0 Å². The van der Waals surface area contributed by atoms with Gasteiger partial charge in [-0.2, -0.15) is 0 Å². The topological polar surface area (TPSA) is 56.7 Å². The van der Waals surface area contributed by atoms with E-state index in [2.05, 4.69) is 138 Å². The smallest absolute Gasteiger partial charge is 0.164 e. The van der Waals surface area contributed by atoms with E-state index in [1.807, 2.05) is 72.8 Å². The van der Waals surface area contributed by atoms with Gasteiger partial charge < -0.3 is 8.98 Å². The number of para-hydroxylation sites is 2. The zero-order chi connectivity index (χ0) is 39.6. The molecule has 0 aliphatic heterocycles. The van der Waals surface area contributed by atoms with Crippen LogP contribution in [0.4, 0.5) is 0 Å². The van der Waals surface area contributed by atoms with Crippen molar-refractivity contribution in [2.24, 2.45) is 0 Å². The summed E-state index contributed by atoms with van der Waals surface area (Å²) in [6.45, 7) is 0. The van der Waals surface area contributed by atoms with Gasteiger partial charge in [0.15, 0.2) is 17.5 Å². The fourth-order valence-electron chi connectivity index (χ4n) is 8.80. The molecule has 0 radical (unpaired) electrons. The molecule has 12 aromatic rings. The Morgan fingerprint density at radius 3 is 1.68 bits per heavy atom. The molecule has 0 atom stereocenters. The van der Waals surface area contributed by atoms with Crippen molar-refractivity contribution in [3.8, 4) is 62.1 Å². The summed E-state index contributed by atoms with van der Waals surface area (Å²) < 4.78 is 8.96. The highest BCUT2D eigenvalue weighted by Crippen LogP contribution is 2.41. The number of rotatable bonds is 6. The van der Waals surface area contributed by atoms with Gasteiger partial charge in [0.2, 0.25) is 0 Å². The Hall–Kier alpha value is -8.15. The Morgan fingerprint density at radius 2 is 0.883 bits per heavy atom. The van der Waals surface area contributed by atoms with Crippen LogP contribution in [0.15, 0.2) is 211 Å². The Balaban J connectivity index is 0.958. The molecule has 0 aliphatic rings. The number of hydrogen-bond donors (Lipinski definition) is 0. The van der Waals surface area contributed by atoms with E-state index < -0.39 is 0 Å². The zero-order valence-electron chi connectivity index (χ0n) is 32.3. The van der Waals surface area contributed by atoms with E-state index in [9.17, 15) is 0 Å². The largest absolute Gasteiger partial charge is 0.456 e. The minimum Gasteiger partial charge on any atom is -0.456 e. The first-order valence-electron chi connectivity index (χ1n) is 20.2. The van der Waals surface area contributed by atoms with Crippen LogP contribution < -0.4 is 0 Å². The van der Waals surface area contributed by atoms with E-state index >= 15 is 0 Å². The van der Waals surface area contributed by atoms with Crippen molar-refractivity contribution in [3.05, 3.63) is 206 Å². The summed E-state index contributed by atoms with van der Waals surface area (Å²) in [4.78, 5) is 14.8. The molecule has 3 aromatic heterocycles. The molecule has 0 unspecified atom stereocenters. The quantitative estimate of drug-likeness (QED) is 0.169. The molecule has 60 heavy (non-hydrogen) atoms. The van der Waals surface area contributed by atoms with E-state index in [4.69, 9.17) is 19.4 Å². The highest BCUT2D eigenvalue weighted by atomic mass is 16.3. The number of hydrogen-bond acceptors (Lipinski definition) is 4. The summed E-state index contributed by atoms with van der Waals surface area (Å²) in [7, 11) is 0. The molecular weight excluding hydrogens is 733 g/mol. The van der Waals surface area contributed by atoms with Crippen LogP contribution in [0.25, 0.3) is 117 Å². The molecule has 0 aliphatic carbocycles. The first-order valence-corrected chi connectivity index (χ1v) is 20.2. The molecule has 9 aromatic carbocycles. The number of aromatic nitrogens is 4. The van der Waals surface area contributed by atoms with E-state index in [1.54, 1.807) is 0 Å². The molecule has 0 spiro atoms. The second kappa shape index (κ2) is 13.8. The van der Waals surface area contributed by atoms with Crippen molar-refractivity contribution in [2.45, 2.75) is 0 Å². The fraction of sp³-hybridized carbons (Fsp3) is 0. The molecule has 0 saturated heterocycles. The molecule has 280 valence electrons. The molecule has 12 rings (SSSR count). The first kappa shape index (κ1) is 33.9. The van der Waals surface area contributed by atoms with Crippen LogP contribution in [0.5, 0.6) is 0 Å². The van der Waals surface area contributed by atoms with Gasteiger partial charge in [-0.25, -0.2) is 15.0 Å². The maximum atomic E-state index is 6.54. The molecule has 0 N–H and O–H groups in total. The van der Waals surface area contributed by atoms with E-state index in [1.165, 1.54) is 38.2 Å². The summed E-state index contributed by atoms with van der Waals surface area (Å²) >= 11 is 0. The highest BCUT2D eigenvalue weighted by Gasteiger charge is 2.19. The van der Waals surface area contributed by atoms with Crippen LogP contribution in [-0.4, -0.2) is 19.5 Å². The predicted molar refractivity (Wildman–Crippen MR) is 246 cm³/mol. The standard InChI is InChI=1S/C55H34N4O/c1-3-15-36(16-4-1)53-56-54(37-17-5-2-6-18-37)58-55(57-53)40-28-31-51-47(33-40)45-29-26-39(34-52(45)60-51)38-27-30-50-46(32-38)44-22-10-12-25-49(44)59(50)48-24-11-9-21-43(48)42-23-13-19-35-14-7-8-20-41(35)42/h1-34H. The molecule has 3 heterocycles. The van der Waals surface area contributed by atoms with Crippen LogP contribution in [0.1, 0.15) is 0 Å². The second-order valence-corrected chi connectivity index (χ2v) is 15.2. The first-order chi connectivity index (χ1) is 29.7. The van der Waals surface area contributed by atoms with Gasteiger partial charge in [-0.15, -0.1) is 0 Å². The van der Waals surface area contributed by atoms with E-state index in [0.29, 0.717) is 17.5 Å². The Bertz CT molecular complexity index is 3540. The maximum absolute atomic E-state index is 6.54. The van der Waals surface area contributed by atoms with Crippen LogP contribution in [0.2, 0.25) is 0 Å². The van der Waals surface area contributed by atoms with Crippen molar-refractivity contribution in [2.75, 3.05) is 0 Å². The zero-order valence-corrected chi connectivity index (χ0v) is 32.3. The van der Waals surface area contributed by atoms with Crippen LogP contribution in [0, 0.1) is 0 Å². The third kappa shape index (κ3) is 5.59. The SMILES string of the molecule is c1ccc(-c2nc(-c3ccccc3)nc(-c3ccc4oc5cc(-c6ccc7c(c6)c6ccccc6n7-c6ccccc6-c6cccc7ccccc67)ccc5c4c3)n2)cc1. The molecule has 0 bridgehead atoms. The van der Waals surface area contributed by atoms with Gasteiger partial charge in [-0.1, -0.05) is 152 Å². The van der Waals surface area contributed by atoms with Gasteiger partial charge in [0.05, 0.1) is 16.7 Å². The van der Waals surface area contributed by atoms with Crippen molar-refractivity contribution in [1.29, 1.82) is 0 Å². The normalized spacial score (nSPS) is 11.7. The van der Waals surface area contributed by atoms with Crippen molar-refractivity contribution in [3.63, 3.8) is 0 Å². The van der Waals surface area contributed by atoms with E-state index in [-0.39, 0.29) is 0 Å². The van der Waals surface area contributed by atoms with Gasteiger partial charge in [0.1, 0.15) is 11.2 Å². The third-order valence-electron chi connectivity index (χ3n) is 11.7. The lowest BCUT2D eigenvalue weighted by Crippen LogP contribution is -2.00. The lowest BCUT2D eigenvalue weighted by Gasteiger charge is -2.15.